The summed E-state index contributed by atoms with van der Waals surface area (Å²) in [6, 6.07) is 4.61. The van der Waals surface area contributed by atoms with E-state index in [1.54, 1.807) is 19.2 Å². The smallest absolute Gasteiger partial charge is 0.180 e. The van der Waals surface area contributed by atoms with E-state index in [1.807, 2.05) is 0 Å². The van der Waals surface area contributed by atoms with E-state index < -0.39 is 0 Å². The molecule has 0 aliphatic heterocycles. The number of rotatable bonds is 4. The number of benzene rings is 1. The molecule has 0 radical (unpaired) electrons. The molecule has 14 heavy (non-hydrogen) atoms. The van der Waals surface area contributed by atoms with Gasteiger partial charge in [-0.2, -0.15) is 0 Å². The van der Waals surface area contributed by atoms with Crippen molar-refractivity contribution in [3.63, 3.8) is 0 Å². The second-order valence-corrected chi connectivity index (χ2v) is 2.84. The van der Waals surface area contributed by atoms with E-state index in [-0.39, 0.29) is 18.1 Å². The van der Waals surface area contributed by atoms with Gasteiger partial charge in [0.2, 0.25) is 0 Å². The van der Waals surface area contributed by atoms with Crippen LogP contribution in [0.1, 0.15) is 10.4 Å². The molecule has 0 aliphatic carbocycles. The van der Waals surface area contributed by atoms with Crippen LogP contribution in [-0.2, 0) is 0 Å². The van der Waals surface area contributed by atoms with E-state index in [1.165, 1.54) is 13.2 Å². The van der Waals surface area contributed by atoms with Crippen molar-refractivity contribution in [3.05, 3.63) is 23.8 Å². The summed E-state index contributed by atoms with van der Waals surface area (Å²) in [7, 11) is 3.18. The van der Waals surface area contributed by atoms with E-state index >= 15 is 0 Å². The minimum Gasteiger partial charge on any atom is -0.507 e. The van der Waals surface area contributed by atoms with E-state index in [2.05, 4.69) is 5.32 Å². The molecule has 0 unspecified atom stereocenters. The number of phenolic OH excluding ortho intramolecular Hbond substituents is 1. The molecule has 4 heteroatoms. The standard InChI is InChI=1S/C10H13NO3/c1-11-6-10(13)8-4-3-7(14-2)5-9(8)12/h3-5,11-12H,6H2,1-2H3. The van der Waals surface area contributed by atoms with E-state index in [0.717, 1.165) is 0 Å². The lowest BCUT2D eigenvalue weighted by molar-refractivity contribution is 0.0991. The molecule has 1 aromatic rings. The zero-order chi connectivity index (χ0) is 10.6. The fourth-order valence-electron chi connectivity index (χ4n) is 1.13. The van der Waals surface area contributed by atoms with Gasteiger partial charge >= 0.3 is 0 Å². The summed E-state index contributed by atoms with van der Waals surface area (Å²) in [6.45, 7) is 0.208. The second-order valence-electron chi connectivity index (χ2n) is 2.84. The number of ketones is 1. The molecule has 1 rings (SSSR count). The molecule has 1 aromatic carbocycles. The number of methoxy groups -OCH3 is 1. The first-order chi connectivity index (χ1) is 6.69. The third-order valence-corrected chi connectivity index (χ3v) is 1.84. The first-order valence-electron chi connectivity index (χ1n) is 4.24. The van der Waals surface area contributed by atoms with Crippen molar-refractivity contribution in [1.82, 2.24) is 5.32 Å². The van der Waals surface area contributed by atoms with Crippen molar-refractivity contribution in [2.45, 2.75) is 0 Å². The summed E-state index contributed by atoms with van der Waals surface area (Å²) in [6.07, 6.45) is 0. The van der Waals surface area contributed by atoms with Gasteiger partial charge in [-0.1, -0.05) is 0 Å². The van der Waals surface area contributed by atoms with Crippen LogP contribution in [0, 0.1) is 0 Å². The molecule has 0 fully saturated rings. The van der Waals surface area contributed by atoms with E-state index in [4.69, 9.17) is 4.74 Å². The van der Waals surface area contributed by atoms with Gasteiger partial charge in [-0.3, -0.25) is 4.79 Å². The second kappa shape index (κ2) is 4.62. The predicted molar refractivity (Wildman–Crippen MR) is 52.9 cm³/mol. The quantitative estimate of drug-likeness (QED) is 0.698. The van der Waals surface area contributed by atoms with Crippen LogP contribution in [-0.4, -0.2) is 31.6 Å². The topological polar surface area (TPSA) is 58.6 Å². The Bertz CT molecular complexity index is 336. The third kappa shape index (κ3) is 2.23. The van der Waals surface area contributed by atoms with Crippen molar-refractivity contribution in [3.8, 4) is 11.5 Å². The Balaban J connectivity index is 2.94. The summed E-state index contributed by atoms with van der Waals surface area (Å²) >= 11 is 0. The predicted octanol–water partition coefficient (Wildman–Crippen LogP) is 0.803. The summed E-state index contributed by atoms with van der Waals surface area (Å²) in [4.78, 5) is 11.4. The fraction of sp³-hybridized carbons (Fsp3) is 0.300. The number of phenols is 1. The van der Waals surface area contributed by atoms with Crippen molar-refractivity contribution < 1.29 is 14.6 Å². The zero-order valence-corrected chi connectivity index (χ0v) is 8.20. The number of aromatic hydroxyl groups is 1. The fourth-order valence-corrected chi connectivity index (χ4v) is 1.13. The van der Waals surface area contributed by atoms with Crippen LogP contribution in [0.4, 0.5) is 0 Å². The first kappa shape index (κ1) is 10.5. The molecule has 0 saturated carbocycles. The van der Waals surface area contributed by atoms with Crippen molar-refractivity contribution in [2.24, 2.45) is 0 Å². The largest absolute Gasteiger partial charge is 0.507 e. The molecule has 0 saturated heterocycles. The highest BCUT2D eigenvalue weighted by molar-refractivity contribution is 6.00. The SMILES string of the molecule is CNCC(=O)c1ccc(OC)cc1O. The Morgan fingerprint density at radius 3 is 2.79 bits per heavy atom. The van der Waals surface area contributed by atoms with Crippen LogP contribution < -0.4 is 10.1 Å². The Hall–Kier alpha value is -1.55. The molecule has 0 aromatic heterocycles. The molecule has 0 heterocycles. The Labute approximate surface area is 82.5 Å². The first-order valence-corrected chi connectivity index (χ1v) is 4.24. The molecule has 0 spiro atoms. The lowest BCUT2D eigenvalue weighted by Crippen LogP contribution is -2.18. The number of hydrogen-bond acceptors (Lipinski definition) is 4. The lowest BCUT2D eigenvalue weighted by atomic mass is 10.1. The molecule has 0 atom stereocenters. The molecule has 0 aliphatic rings. The number of nitrogens with one attached hydrogen (secondary N) is 1. The van der Waals surface area contributed by atoms with Gasteiger partial charge < -0.3 is 15.2 Å². The number of Topliss-reactive ketones (excluding diaryl/α,β-unsaturated/α-hetero) is 1. The number of hydrogen-bond donors (Lipinski definition) is 2. The molecule has 76 valence electrons. The van der Waals surface area contributed by atoms with Crippen LogP contribution in [0.5, 0.6) is 11.5 Å². The monoisotopic (exact) mass is 195 g/mol. The molecule has 0 amide bonds. The van der Waals surface area contributed by atoms with Gasteiger partial charge in [0, 0.05) is 6.07 Å². The van der Waals surface area contributed by atoms with Crippen LogP contribution >= 0.6 is 0 Å². The summed E-state index contributed by atoms with van der Waals surface area (Å²) in [5.41, 5.74) is 0.306. The summed E-state index contributed by atoms with van der Waals surface area (Å²) in [5.74, 6) is 0.334. The Morgan fingerprint density at radius 1 is 1.57 bits per heavy atom. The highest BCUT2D eigenvalue weighted by atomic mass is 16.5. The van der Waals surface area contributed by atoms with E-state index in [0.29, 0.717) is 11.3 Å². The van der Waals surface area contributed by atoms with Gasteiger partial charge in [-0.15, -0.1) is 0 Å². The van der Waals surface area contributed by atoms with Gasteiger partial charge in [-0.05, 0) is 19.2 Å². The average molecular weight is 195 g/mol. The maximum absolute atomic E-state index is 11.4. The van der Waals surface area contributed by atoms with Crippen LogP contribution in [0.25, 0.3) is 0 Å². The minimum atomic E-state index is -0.146. The van der Waals surface area contributed by atoms with Crippen molar-refractivity contribution >= 4 is 5.78 Å². The highest BCUT2D eigenvalue weighted by Crippen LogP contribution is 2.23. The van der Waals surface area contributed by atoms with Crippen LogP contribution in [0.2, 0.25) is 0 Å². The lowest BCUT2D eigenvalue weighted by Gasteiger charge is -2.05. The van der Waals surface area contributed by atoms with Gasteiger partial charge in [0.05, 0.1) is 19.2 Å². The molecule has 2 N–H and O–H groups in total. The van der Waals surface area contributed by atoms with Gasteiger partial charge in [-0.25, -0.2) is 0 Å². The van der Waals surface area contributed by atoms with E-state index in [9.17, 15) is 9.90 Å². The Kier molecular flexibility index (Phi) is 3.48. The number of carbonyl (C=O) groups excluding carboxylic acids is 1. The van der Waals surface area contributed by atoms with Crippen molar-refractivity contribution in [2.75, 3.05) is 20.7 Å². The normalized spacial score (nSPS) is 9.86. The van der Waals surface area contributed by atoms with Crippen LogP contribution in [0.3, 0.4) is 0 Å². The molecular formula is C10H13NO3. The third-order valence-electron chi connectivity index (χ3n) is 1.84. The molecular weight excluding hydrogens is 182 g/mol. The molecule has 0 bridgehead atoms. The average Bonchev–Trinajstić information content (AvgIpc) is 2.17. The number of carbonyl (C=O) groups is 1. The number of likely N-dealkylation sites (N-methyl/N-ethyl adjacent to an activating group) is 1. The minimum absolute atomic E-state index is 0.0513. The Morgan fingerprint density at radius 2 is 2.29 bits per heavy atom. The van der Waals surface area contributed by atoms with Crippen molar-refractivity contribution in [1.29, 1.82) is 0 Å². The maximum atomic E-state index is 11.4. The van der Waals surface area contributed by atoms with Gasteiger partial charge in [0.25, 0.3) is 0 Å². The maximum Gasteiger partial charge on any atom is 0.180 e. The van der Waals surface area contributed by atoms with Gasteiger partial charge in [0.15, 0.2) is 5.78 Å². The summed E-state index contributed by atoms with van der Waals surface area (Å²) < 4.78 is 4.90. The number of ether oxygens (including phenoxy) is 1. The van der Waals surface area contributed by atoms with Crippen LogP contribution in [0.15, 0.2) is 18.2 Å². The highest BCUT2D eigenvalue weighted by Gasteiger charge is 2.10. The molecule has 4 nitrogen and oxygen atoms in total. The van der Waals surface area contributed by atoms with Gasteiger partial charge in [0.1, 0.15) is 11.5 Å². The summed E-state index contributed by atoms with van der Waals surface area (Å²) in [5, 5.41) is 12.2. The zero-order valence-electron chi connectivity index (χ0n) is 8.20.